The Kier molecular flexibility index (Phi) is 6.19. The Bertz CT molecular complexity index is 957. The molecule has 0 saturated heterocycles. The van der Waals surface area contributed by atoms with Gasteiger partial charge in [-0.1, -0.05) is 45.0 Å². The van der Waals surface area contributed by atoms with Crippen LogP contribution in [0.2, 0.25) is 0 Å². The van der Waals surface area contributed by atoms with E-state index in [1.165, 1.54) is 16.0 Å². The van der Waals surface area contributed by atoms with Gasteiger partial charge in [0.05, 0.1) is 6.04 Å². The van der Waals surface area contributed by atoms with Crippen molar-refractivity contribution >= 4 is 34.8 Å². The maximum atomic E-state index is 13.5. The maximum Gasteiger partial charge on any atom is 0.243 e. The summed E-state index contributed by atoms with van der Waals surface area (Å²) in [6.07, 6.45) is 2.77. The summed E-state index contributed by atoms with van der Waals surface area (Å²) < 4.78 is 0. The molecule has 0 radical (unpaired) electrons. The van der Waals surface area contributed by atoms with Crippen molar-refractivity contribution in [3.05, 3.63) is 57.3 Å². The Morgan fingerprint density at radius 3 is 2.45 bits per heavy atom. The van der Waals surface area contributed by atoms with Gasteiger partial charge < -0.3 is 9.80 Å². The van der Waals surface area contributed by atoms with Gasteiger partial charge in [-0.15, -0.1) is 22.9 Å². The van der Waals surface area contributed by atoms with Crippen LogP contribution in [0.1, 0.15) is 68.1 Å². The third-order valence-electron chi connectivity index (χ3n) is 6.30. The SMILES string of the molecule is CC(Cl)C(=O)N(CC(=O)N1CCc2sccc2C1c1ccc(C(C)(C)C)cc1)C1CC1. The van der Waals surface area contributed by atoms with Crippen molar-refractivity contribution in [2.75, 3.05) is 13.1 Å². The monoisotopic (exact) mass is 458 g/mol. The molecule has 1 aromatic carbocycles. The van der Waals surface area contributed by atoms with Crippen molar-refractivity contribution in [3.63, 3.8) is 0 Å². The van der Waals surface area contributed by atoms with Crippen molar-refractivity contribution in [1.82, 2.24) is 9.80 Å². The normalized spacial score (nSPS) is 19.6. The Labute approximate surface area is 194 Å². The zero-order chi connectivity index (χ0) is 22.3. The lowest BCUT2D eigenvalue weighted by molar-refractivity contribution is -0.141. The number of hydrogen-bond acceptors (Lipinski definition) is 3. The van der Waals surface area contributed by atoms with E-state index in [1.54, 1.807) is 23.2 Å². The molecular formula is C25H31ClN2O2S. The molecule has 2 aliphatic rings. The highest BCUT2D eigenvalue weighted by atomic mass is 35.5. The molecular weight excluding hydrogens is 428 g/mol. The average Bonchev–Trinajstić information content (AvgIpc) is 3.46. The summed E-state index contributed by atoms with van der Waals surface area (Å²) in [5, 5.41) is 1.50. The van der Waals surface area contributed by atoms with Gasteiger partial charge >= 0.3 is 0 Å². The minimum Gasteiger partial charge on any atom is -0.330 e. The van der Waals surface area contributed by atoms with Crippen LogP contribution in [0.15, 0.2) is 35.7 Å². The van der Waals surface area contributed by atoms with Crippen LogP contribution in [0.3, 0.4) is 0 Å². The molecule has 31 heavy (non-hydrogen) atoms. The highest BCUT2D eigenvalue weighted by Crippen LogP contribution is 2.39. The van der Waals surface area contributed by atoms with Crippen LogP contribution >= 0.6 is 22.9 Å². The fourth-order valence-corrected chi connectivity index (χ4v) is 5.38. The molecule has 1 aromatic heterocycles. The number of amides is 2. The van der Waals surface area contributed by atoms with Crippen molar-refractivity contribution in [2.24, 2.45) is 0 Å². The third-order valence-corrected chi connectivity index (χ3v) is 7.48. The number of halogens is 1. The number of nitrogens with zero attached hydrogens (tertiary/aromatic N) is 2. The summed E-state index contributed by atoms with van der Waals surface area (Å²) in [7, 11) is 0. The lowest BCUT2D eigenvalue weighted by Crippen LogP contribution is -2.48. The van der Waals surface area contributed by atoms with Gasteiger partial charge in [0.15, 0.2) is 0 Å². The van der Waals surface area contributed by atoms with Crippen molar-refractivity contribution in [1.29, 1.82) is 0 Å². The van der Waals surface area contributed by atoms with E-state index in [0.717, 1.165) is 24.8 Å². The summed E-state index contributed by atoms with van der Waals surface area (Å²) in [6.45, 7) is 9.07. The predicted octanol–water partition coefficient (Wildman–Crippen LogP) is 5.14. The Morgan fingerprint density at radius 1 is 1.19 bits per heavy atom. The number of rotatable bonds is 5. The van der Waals surface area contributed by atoms with Crippen LogP contribution in [0.25, 0.3) is 0 Å². The first-order valence-corrected chi connectivity index (χ1v) is 12.4. The zero-order valence-corrected chi connectivity index (χ0v) is 20.3. The number of fused-ring (bicyclic) bond motifs is 1. The highest BCUT2D eigenvalue weighted by molar-refractivity contribution is 7.10. The first-order valence-electron chi connectivity index (χ1n) is 11.1. The Balaban J connectivity index is 1.63. The number of thiophene rings is 1. The van der Waals surface area contributed by atoms with Crippen LogP contribution < -0.4 is 0 Å². The second-order valence-corrected chi connectivity index (χ2v) is 11.4. The van der Waals surface area contributed by atoms with Crippen molar-refractivity contribution in [3.8, 4) is 0 Å². The summed E-state index contributed by atoms with van der Waals surface area (Å²) >= 11 is 7.84. The Hall–Kier alpha value is -1.85. The third kappa shape index (κ3) is 4.68. The molecule has 6 heteroatoms. The molecule has 1 fully saturated rings. The van der Waals surface area contributed by atoms with Crippen molar-refractivity contribution < 1.29 is 9.59 Å². The van der Waals surface area contributed by atoms with Gasteiger partial charge in [-0.2, -0.15) is 0 Å². The molecule has 2 aromatic rings. The van der Waals surface area contributed by atoms with Crippen LogP contribution in [0.4, 0.5) is 0 Å². The van der Waals surface area contributed by atoms with Crippen LogP contribution in [0.5, 0.6) is 0 Å². The van der Waals surface area contributed by atoms with Gasteiger partial charge in [-0.05, 0) is 59.7 Å². The minimum absolute atomic E-state index is 0.000635. The summed E-state index contributed by atoms with van der Waals surface area (Å²) in [6, 6.07) is 10.9. The first kappa shape index (κ1) is 22.3. The molecule has 166 valence electrons. The highest BCUT2D eigenvalue weighted by Gasteiger charge is 2.39. The molecule has 2 atom stereocenters. The molecule has 2 unspecified atom stereocenters. The number of hydrogen-bond donors (Lipinski definition) is 0. The molecule has 0 spiro atoms. The minimum atomic E-state index is -0.612. The van der Waals surface area contributed by atoms with E-state index in [1.807, 2.05) is 4.90 Å². The summed E-state index contributed by atoms with van der Waals surface area (Å²) in [5.41, 5.74) is 3.69. The lowest BCUT2D eigenvalue weighted by Gasteiger charge is -2.38. The smallest absolute Gasteiger partial charge is 0.243 e. The van der Waals surface area contributed by atoms with Gasteiger partial charge in [0.25, 0.3) is 0 Å². The van der Waals surface area contributed by atoms with E-state index in [9.17, 15) is 9.59 Å². The zero-order valence-electron chi connectivity index (χ0n) is 18.7. The van der Waals surface area contributed by atoms with Crippen molar-refractivity contribution in [2.45, 2.75) is 69.8 Å². The number of carbonyl (C=O) groups excluding carboxylic acids is 2. The predicted molar refractivity (Wildman–Crippen MR) is 127 cm³/mol. The van der Waals surface area contributed by atoms with Gasteiger partial charge in [0.1, 0.15) is 11.9 Å². The van der Waals surface area contributed by atoms with Crippen LogP contribution in [-0.2, 0) is 21.4 Å². The molecule has 0 bridgehead atoms. The number of benzene rings is 1. The maximum absolute atomic E-state index is 13.5. The van der Waals surface area contributed by atoms with Crippen LogP contribution in [-0.4, -0.2) is 46.1 Å². The van der Waals surface area contributed by atoms with E-state index in [2.05, 4.69) is 56.5 Å². The number of alkyl halides is 1. The standard InChI is InChI=1S/C25H31ClN2O2S/c1-16(26)24(30)28(19-9-10-19)15-22(29)27-13-11-21-20(12-14-31-21)23(27)17-5-7-18(8-6-17)25(2,3)4/h5-8,12,14,16,19,23H,9-11,13,15H2,1-4H3. The molecule has 1 aliphatic heterocycles. The number of carbonyl (C=O) groups is 2. The topological polar surface area (TPSA) is 40.6 Å². The van der Waals surface area contributed by atoms with E-state index in [0.29, 0.717) is 6.54 Å². The van der Waals surface area contributed by atoms with Gasteiger partial charge in [-0.3, -0.25) is 9.59 Å². The molecule has 2 amide bonds. The molecule has 1 aliphatic carbocycles. The summed E-state index contributed by atoms with van der Waals surface area (Å²) in [5.74, 6) is -0.142. The molecule has 0 N–H and O–H groups in total. The largest absolute Gasteiger partial charge is 0.330 e. The molecule has 1 saturated carbocycles. The van der Waals surface area contributed by atoms with E-state index < -0.39 is 5.38 Å². The second-order valence-electron chi connectivity index (χ2n) is 9.72. The Morgan fingerprint density at radius 2 is 1.87 bits per heavy atom. The fraction of sp³-hybridized carbons (Fsp3) is 0.520. The van der Waals surface area contributed by atoms with E-state index in [4.69, 9.17) is 11.6 Å². The lowest BCUT2D eigenvalue weighted by atomic mass is 9.85. The van der Waals surface area contributed by atoms with E-state index >= 15 is 0 Å². The van der Waals surface area contributed by atoms with Gasteiger partial charge in [0.2, 0.25) is 11.8 Å². The summed E-state index contributed by atoms with van der Waals surface area (Å²) in [4.78, 5) is 31.1. The first-order chi connectivity index (χ1) is 14.7. The molecule has 4 rings (SSSR count). The van der Waals surface area contributed by atoms with E-state index in [-0.39, 0.29) is 35.9 Å². The fourth-order valence-electron chi connectivity index (χ4n) is 4.35. The average molecular weight is 459 g/mol. The second kappa shape index (κ2) is 8.59. The molecule has 2 heterocycles. The molecule has 4 nitrogen and oxygen atoms in total. The van der Waals surface area contributed by atoms with Gasteiger partial charge in [0, 0.05) is 17.5 Å². The van der Waals surface area contributed by atoms with Crippen LogP contribution in [0, 0.1) is 0 Å². The quantitative estimate of drug-likeness (QED) is 0.582. The van der Waals surface area contributed by atoms with Gasteiger partial charge in [-0.25, -0.2) is 0 Å².